The van der Waals surface area contributed by atoms with Crippen LogP contribution >= 0.6 is 0 Å². The summed E-state index contributed by atoms with van der Waals surface area (Å²) in [5.41, 5.74) is 7.95. The maximum Gasteiger partial charge on any atom is 0.269 e. The number of rotatable bonds is 8. The van der Waals surface area contributed by atoms with Crippen molar-refractivity contribution < 1.29 is 9.73 Å². The zero-order valence-corrected chi connectivity index (χ0v) is 15.3. The van der Waals surface area contributed by atoms with Gasteiger partial charge in [0, 0.05) is 29.2 Å². The molecule has 0 bridgehead atoms. The summed E-state index contributed by atoms with van der Waals surface area (Å²) in [6.07, 6.45) is 4.05. The van der Waals surface area contributed by atoms with Crippen molar-refractivity contribution in [3.8, 4) is 0 Å². The van der Waals surface area contributed by atoms with Crippen LogP contribution in [0.4, 0.5) is 0 Å². The van der Waals surface area contributed by atoms with Gasteiger partial charge in [-0.25, -0.2) is 5.48 Å². The number of hydrogen-bond acceptors (Lipinski definition) is 4. The number of hydrogen-bond donors (Lipinski definition) is 4. The maximum atomic E-state index is 11.2. The second-order valence-corrected chi connectivity index (χ2v) is 6.36. The van der Waals surface area contributed by atoms with E-state index < -0.39 is 5.91 Å². The second kappa shape index (κ2) is 9.14. The highest BCUT2D eigenvalue weighted by atomic mass is 16.8. The summed E-state index contributed by atoms with van der Waals surface area (Å²) in [4.78, 5) is 18.8. The van der Waals surface area contributed by atoms with E-state index in [1.165, 1.54) is 33.8 Å². The Morgan fingerprint density at radius 2 is 1.96 bits per heavy atom. The Labute approximate surface area is 158 Å². The molecule has 3 rings (SSSR count). The van der Waals surface area contributed by atoms with Crippen LogP contribution in [-0.2, 0) is 22.7 Å². The van der Waals surface area contributed by atoms with Crippen molar-refractivity contribution in [1.82, 2.24) is 15.8 Å². The molecule has 6 heteroatoms. The van der Waals surface area contributed by atoms with Gasteiger partial charge in [-0.2, -0.15) is 10.8 Å². The quantitative estimate of drug-likeness (QED) is 0.281. The van der Waals surface area contributed by atoms with Gasteiger partial charge < -0.3 is 10.3 Å². The van der Waals surface area contributed by atoms with Crippen molar-refractivity contribution in [2.75, 3.05) is 6.54 Å². The van der Waals surface area contributed by atoms with E-state index >= 15 is 0 Å². The maximum absolute atomic E-state index is 11.2. The van der Waals surface area contributed by atoms with Gasteiger partial charge in [0.15, 0.2) is 0 Å². The van der Waals surface area contributed by atoms with E-state index in [2.05, 4.69) is 46.4 Å². The molecule has 2 aromatic carbocycles. The number of fused-ring (bicyclic) bond motifs is 1. The molecule has 1 heterocycles. The number of carbonyl (C=O) groups excluding carboxylic acids is 1. The summed E-state index contributed by atoms with van der Waals surface area (Å²) < 4.78 is 0. The molecule has 0 aliphatic heterocycles. The van der Waals surface area contributed by atoms with E-state index in [0.717, 1.165) is 25.1 Å². The number of amides is 1. The molecule has 1 amide bonds. The van der Waals surface area contributed by atoms with Crippen LogP contribution in [-0.4, -0.2) is 17.4 Å². The van der Waals surface area contributed by atoms with Crippen LogP contribution in [0, 0.1) is 6.92 Å². The largest absolute Gasteiger partial charge is 0.358 e. The molecule has 140 valence electrons. The first-order valence-corrected chi connectivity index (χ1v) is 8.87. The minimum atomic E-state index is -0.407. The van der Waals surface area contributed by atoms with Gasteiger partial charge in [-0.15, -0.1) is 0 Å². The van der Waals surface area contributed by atoms with Crippen LogP contribution in [0.3, 0.4) is 0 Å². The number of aromatic nitrogens is 1. The van der Waals surface area contributed by atoms with Crippen LogP contribution in [0.5, 0.6) is 0 Å². The van der Waals surface area contributed by atoms with Gasteiger partial charge in [-0.3, -0.25) is 4.79 Å². The minimum absolute atomic E-state index is 0.407. The third kappa shape index (κ3) is 5.04. The molecule has 1 aromatic heterocycles. The Morgan fingerprint density at radius 1 is 1.19 bits per heavy atom. The number of aryl methyl sites for hydroxylation is 1. The third-order valence-corrected chi connectivity index (χ3v) is 4.47. The van der Waals surface area contributed by atoms with Gasteiger partial charge in [0.1, 0.15) is 0 Å². The molecule has 0 spiro atoms. The summed E-state index contributed by atoms with van der Waals surface area (Å²) in [5, 5.41) is 4.79. The second-order valence-electron chi connectivity index (χ2n) is 6.36. The van der Waals surface area contributed by atoms with Gasteiger partial charge in [0.2, 0.25) is 0 Å². The van der Waals surface area contributed by atoms with E-state index in [9.17, 15) is 4.79 Å². The Balaban J connectivity index is 1.49. The average molecular weight is 364 g/mol. The van der Waals surface area contributed by atoms with Crippen molar-refractivity contribution in [3.05, 3.63) is 77.0 Å². The SMILES string of the molecule is Cc1[nH]c2ccccc2c1CCNCc1ccc(/C=C/C(=O)NON)cc1. The number of nitrogens with one attached hydrogen (secondary N) is 3. The molecule has 0 unspecified atom stereocenters. The molecule has 0 fully saturated rings. The molecule has 27 heavy (non-hydrogen) atoms. The first kappa shape index (κ1) is 18.8. The highest BCUT2D eigenvalue weighted by molar-refractivity contribution is 5.90. The van der Waals surface area contributed by atoms with Crippen LogP contribution in [0.25, 0.3) is 17.0 Å². The molecule has 0 aliphatic rings. The normalized spacial score (nSPS) is 11.3. The Hall–Kier alpha value is -2.93. The topological polar surface area (TPSA) is 92.2 Å². The van der Waals surface area contributed by atoms with E-state index in [0.29, 0.717) is 0 Å². The molecular formula is C21H24N4O2. The van der Waals surface area contributed by atoms with Crippen LogP contribution in [0.15, 0.2) is 54.6 Å². The molecule has 0 saturated heterocycles. The predicted octanol–water partition coefficient (Wildman–Crippen LogP) is 2.74. The monoisotopic (exact) mass is 364 g/mol. The lowest BCUT2D eigenvalue weighted by atomic mass is 10.1. The summed E-state index contributed by atoms with van der Waals surface area (Å²) in [7, 11) is 0. The molecule has 0 atom stereocenters. The van der Waals surface area contributed by atoms with Crippen molar-refractivity contribution in [2.24, 2.45) is 5.90 Å². The van der Waals surface area contributed by atoms with Crippen LogP contribution in [0.1, 0.15) is 22.4 Å². The fourth-order valence-corrected chi connectivity index (χ4v) is 3.11. The van der Waals surface area contributed by atoms with E-state index in [4.69, 9.17) is 5.90 Å². The van der Waals surface area contributed by atoms with Crippen LogP contribution < -0.4 is 16.7 Å². The summed E-state index contributed by atoms with van der Waals surface area (Å²) in [5.74, 6) is 4.36. The molecule has 6 nitrogen and oxygen atoms in total. The smallest absolute Gasteiger partial charge is 0.269 e. The molecule has 0 aliphatic carbocycles. The molecule has 0 saturated carbocycles. The number of H-pyrrole nitrogens is 1. The lowest BCUT2D eigenvalue weighted by molar-refractivity contribution is -0.128. The number of benzene rings is 2. The zero-order valence-electron chi connectivity index (χ0n) is 15.3. The number of para-hydroxylation sites is 1. The number of carbonyl (C=O) groups is 1. The Morgan fingerprint density at radius 3 is 2.74 bits per heavy atom. The van der Waals surface area contributed by atoms with E-state index in [-0.39, 0.29) is 0 Å². The van der Waals surface area contributed by atoms with Crippen molar-refractivity contribution in [1.29, 1.82) is 0 Å². The molecule has 3 aromatic rings. The summed E-state index contributed by atoms with van der Waals surface area (Å²) in [6.45, 7) is 3.83. The van der Waals surface area contributed by atoms with Gasteiger partial charge in [-0.1, -0.05) is 42.5 Å². The third-order valence-electron chi connectivity index (χ3n) is 4.47. The zero-order chi connectivity index (χ0) is 19.1. The fourth-order valence-electron chi connectivity index (χ4n) is 3.11. The molecular weight excluding hydrogens is 340 g/mol. The first-order valence-electron chi connectivity index (χ1n) is 8.87. The van der Waals surface area contributed by atoms with Gasteiger partial charge in [-0.05, 0) is 48.7 Å². The highest BCUT2D eigenvalue weighted by Crippen LogP contribution is 2.21. The number of aromatic amines is 1. The Bertz CT molecular complexity index is 929. The fraction of sp³-hybridized carbons (Fsp3) is 0.190. The lowest BCUT2D eigenvalue weighted by Crippen LogP contribution is -2.24. The highest BCUT2D eigenvalue weighted by Gasteiger charge is 2.07. The lowest BCUT2D eigenvalue weighted by Gasteiger charge is -2.06. The van der Waals surface area contributed by atoms with E-state index in [1.807, 2.05) is 29.7 Å². The van der Waals surface area contributed by atoms with Crippen molar-refractivity contribution >= 4 is 22.9 Å². The van der Waals surface area contributed by atoms with Crippen molar-refractivity contribution in [3.63, 3.8) is 0 Å². The minimum Gasteiger partial charge on any atom is -0.358 e. The standard InChI is InChI=1S/C21H24N4O2/c1-15-18(19-4-2-3-5-20(19)24-15)12-13-23-14-17-8-6-16(7-9-17)10-11-21(26)25-27-22/h2-11,23-24H,12-14,22H2,1H3,(H,25,26)/b11-10+. The number of nitrogens with two attached hydrogens (primary N) is 1. The first-order chi connectivity index (χ1) is 13.2. The number of hydroxylamine groups is 1. The Kier molecular flexibility index (Phi) is 6.38. The van der Waals surface area contributed by atoms with Gasteiger partial charge >= 0.3 is 0 Å². The van der Waals surface area contributed by atoms with Gasteiger partial charge in [0.25, 0.3) is 5.91 Å². The van der Waals surface area contributed by atoms with Gasteiger partial charge in [0.05, 0.1) is 0 Å². The van der Waals surface area contributed by atoms with Crippen LogP contribution in [0.2, 0.25) is 0 Å². The predicted molar refractivity (Wildman–Crippen MR) is 107 cm³/mol. The van der Waals surface area contributed by atoms with E-state index in [1.54, 1.807) is 6.08 Å². The molecule has 0 radical (unpaired) electrons. The summed E-state index contributed by atoms with van der Waals surface area (Å²) in [6, 6.07) is 16.4. The summed E-state index contributed by atoms with van der Waals surface area (Å²) >= 11 is 0. The molecule has 5 N–H and O–H groups in total. The average Bonchev–Trinajstić information content (AvgIpc) is 3.00. The van der Waals surface area contributed by atoms with Crippen molar-refractivity contribution in [2.45, 2.75) is 19.9 Å².